The van der Waals surface area contributed by atoms with Crippen LogP contribution in [-0.4, -0.2) is 22.5 Å². The molecule has 1 N–H and O–H groups in total. The third-order valence-corrected chi connectivity index (χ3v) is 3.70. The molecule has 0 radical (unpaired) electrons. The van der Waals surface area contributed by atoms with Crippen LogP contribution >= 0.6 is 15.9 Å². The Balaban J connectivity index is 2.54. The van der Waals surface area contributed by atoms with E-state index in [0.717, 1.165) is 10.0 Å². The van der Waals surface area contributed by atoms with E-state index in [1.165, 1.54) is 6.92 Å². The molecule has 90 valence electrons. The Labute approximate surface area is 107 Å². The van der Waals surface area contributed by atoms with Gasteiger partial charge in [0.2, 0.25) is 5.60 Å². The van der Waals surface area contributed by atoms with Crippen molar-refractivity contribution in [1.82, 2.24) is 0 Å². The maximum absolute atomic E-state index is 11.9. The SMILES string of the molecule is Cc1cc2c(cc1Br)OC(C)(C(=O)O)CC2=O. The highest BCUT2D eigenvalue weighted by atomic mass is 79.9. The van der Waals surface area contributed by atoms with Crippen molar-refractivity contribution in [1.29, 1.82) is 0 Å². The lowest BCUT2D eigenvalue weighted by Gasteiger charge is -2.31. The van der Waals surface area contributed by atoms with Crippen LogP contribution in [-0.2, 0) is 4.79 Å². The van der Waals surface area contributed by atoms with E-state index in [4.69, 9.17) is 9.84 Å². The largest absolute Gasteiger partial charge is 0.478 e. The molecule has 0 saturated heterocycles. The van der Waals surface area contributed by atoms with Gasteiger partial charge < -0.3 is 9.84 Å². The van der Waals surface area contributed by atoms with E-state index in [-0.39, 0.29) is 12.2 Å². The minimum absolute atomic E-state index is 0.142. The first kappa shape index (κ1) is 12.1. The minimum Gasteiger partial charge on any atom is -0.478 e. The summed E-state index contributed by atoms with van der Waals surface area (Å²) in [7, 11) is 0. The quantitative estimate of drug-likeness (QED) is 0.865. The van der Waals surface area contributed by atoms with Crippen LogP contribution in [0.3, 0.4) is 0 Å². The highest BCUT2D eigenvalue weighted by Gasteiger charge is 2.43. The molecule has 1 aliphatic rings. The fraction of sp³-hybridized carbons (Fsp3) is 0.333. The summed E-state index contributed by atoms with van der Waals surface area (Å²) in [4.78, 5) is 23.0. The van der Waals surface area contributed by atoms with E-state index >= 15 is 0 Å². The number of benzene rings is 1. The molecule has 1 heterocycles. The Bertz CT molecular complexity index is 523. The van der Waals surface area contributed by atoms with Crippen molar-refractivity contribution in [2.24, 2.45) is 0 Å². The topological polar surface area (TPSA) is 63.6 Å². The number of halogens is 1. The second-order valence-corrected chi connectivity index (χ2v) is 5.19. The second kappa shape index (κ2) is 3.84. The molecule has 0 aliphatic carbocycles. The van der Waals surface area contributed by atoms with Crippen molar-refractivity contribution in [3.05, 3.63) is 27.7 Å². The van der Waals surface area contributed by atoms with Crippen LogP contribution in [0, 0.1) is 6.92 Å². The Morgan fingerprint density at radius 3 is 2.76 bits per heavy atom. The van der Waals surface area contributed by atoms with Gasteiger partial charge >= 0.3 is 5.97 Å². The van der Waals surface area contributed by atoms with E-state index in [9.17, 15) is 9.59 Å². The third-order valence-electron chi connectivity index (χ3n) is 2.85. The van der Waals surface area contributed by atoms with E-state index < -0.39 is 11.6 Å². The molecule has 1 aromatic carbocycles. The zero-order chi connectivity index (χ0) is 12.8. The average Bonchev–Trinajstić information content (AvgIpc) is 2.21. The molecule has 17 heavy (non-hydrogen) atoms. The molecule has 0 bridgehead atoms. The van der Waals surface area contributed by atoms with Crippen molar-refractivity contribution < 1.29 is 19.4 Å². The number of carbonyl (C=O) groups is 2. The number of carbonyl (C=O) groups excluding carboxylic acids is 1. The molecule has 1 unspecified atom stereocenters. The lowest BCUT2D eigenvalue weighted by atomic mass is 9.91. The standard InChI is InChI=1S/C12H11BrO4/c1-6-3-7-9(14)5-12(2,11(15)16)17-10(7)4-8(6)13/h3-4H,5H2,1-2H3,(H,15,16). The van der Waals surface area contributed by atoms with Gasteiger partial charge in [0.1, 0.15) is 5.75 Å². The van der Waals surface area contributed by atoms with Gasteiger partial charge in [-0.15, -0.1) is 0 Å². The maximum Gasteiger partial charge on any atom is 0.348 e. The van der Waals surface area contributed by atoms with Gasteiger partial charge in [-0.05, 0) is 31.5 Å². The average molecular weight is 299 g/mol. The zero-order valence-corrected chi connectivity index (χ0v) is 11.0. The number of hydrogen-bond acceptors (Lipinski definition) is 3. The normalized spacial score (nSPS) is 22.9. The Kier molecular flexibility index (Phi) is 2.73. The predicted octanol–water partition coefficient (Wildman–Crippen LogP) is 2.57. The smallest absolute Gasteiger partial charge is 0.348 e. The van der Waals surface area contributed by atoms with Crippen molar-refractivity contribution in [3.8, 4) is 5.75 Å². The minimum atomic E-state index is -1.47. The monoisotopic (exact) mass is 298 g/mol. The van der Waals surface area contributed by atoms with Gasteiger partial charge in [-0.2, -0.15) is 0 Å². The maximum atomic E-state index is 11.9. The van der Waals surface area contributed by atoms with Gasteiger partial charge in [0.15, 0.2) is 5.78 Å². The summed E-state index contributed by atoms with van der Waals surface area (Å²) in [6, 6.07) is 3.35. The number of ether oxygens (including phenoxy) is 1. The summed E-state index contributed by atoms with van der Waals surface area (Å²) in [6.07, 6.45) is -0.142. The molecule has 2 rings (SSSR count). The lowest BCUT2D eigenvalue weighted by Crippen LogP contribution is -2.46. The summed E-state index contributed by atoms with van der Waals surface area (Å²) >= 11 is 3.33. The van der Waals surface area contributed by atoms with Crippen molar-refractivity contribution in [2.75, 3.05) is 0 Å². The summed E-state index contributed by atoms with van der Waals surface area (Å²) in [5, 5.41) is 9.08. The second-order valence-electron chi connectivity index (χ2n) is 4.34. The van der Waals surface area contributed by atoms with Crippen LogP contribution in [0.4, 0.5) is 0 Å². The number of Topliss-reactive ketones (excluding diaryl/α,β-unsaturated/α-hetero) is 1. The number of carboxylic acid groups (broad SMARTS) is 1. The summed E-state index contributed by atoms with van der Waals surface area (Å²) < 4.78 is 6.23. The molecule has 0 amide bonds. The summed E-state index contributed by atoms with van der Waals surface area (Å²) in [5.74, 6) is -1.01. The van der Waals surface area contributed by atoms with Gasteiger partial charge in [0.25, 0.3) is 0 Å². The number of aliphatic carboxylic acids is 1. The molecule has 0 spiro atoms. The van der Waals surface area contributed by atoms with E-state index in [2.05, 4.69) is 15.9 Å². The molecule has 0 saturated carbocycles. The third kappa shape index (κ3) is 1.95. The molecule has 0 fully saturated rings. The van der Waals surface area contributed by atoms with Crippen molar-refractivity contribution >= 4 is 27.7 Å². The molecular formula is C12H11BrO4. The van der Waals surface area contributed by atoms with Crippen molar-refractivity contribution in [2.45, 2.75) is 25.9 Å². The molecule has 4 nitrogen and oxygen atoms in total. The van der Waals surface area contributed by atoms with Crippen LogP contribution in [0.5, 0.6) is 5.75 Å². The van der Waals surface area contributed by atoms with E-state index in [1.807, 2.05) is 6.92 Å². The molecule has 1 aromatic rings. The first-order valence-corrected chi connectivity index (χ1v) is 5.88. The van der Waals surface area contributed by atoms with Gasteiger partial charge in [-0.1, -0.05) is 15.9 Å². The van der Waals surface area contributed by atoms with Crippen molar-refractivity contribution in [3.63, 3.8) is 0 Å². The number of aryl methyl sites for hydroxylation is 1. The number of fused-ring (bicyclic) bond motifs is 1. The van der Waals surface area contributed by atoms with Crippen LogP contribution < -0.4 is 4.74 Å². The van der Waals surface area contributed by atoms with E-state index in [0.29, 0.717) is 11.3 Å². The first-order valence-electron chi connectivity index (χ1n) is 5.09. The predicted molar refractivity (Wildman–Crippen MR) is 64.5 cm³/mol. The Hall–Kier alpha value is -1.36. The fourth-order valence-electron chi connectivity index (χ4n) is 1.77. The molecular weight excluding hydrogens is 288 g/mol. The summed E-state index contributed by atoms with van der Waals surface area (Å²) in [6.45, 7) is 3.27. The lowest BCUT2D eigenvalue weighted by molar-refractivity contribution is -0.154. The first-order chi connectivity index (χ1) is 7.83. The van der Waals surface area contributed by atoms with Gasteiger partial charge in [0.05, 0.1) is 12.0 Å². The number of hydrogen-bond donors (Lipinski definition) is 1. The fourth-order valence-corrected chi connectivity index (χ4v) is 2.09. The summed E-state index contributed by atoms with van der Waals surface area (Å²) in [5.41, 5.74) is -0.109. The number of carboxylic acids is 1. The molecule has 1 atom stereocenters. The van der Waals surface area contributed by atoms with Crippen LogP contribution in [0.25, 0.3) is 0 Å². The highest BCUT2D eigenvalue weighted by Crippen LogP contribution is 2.36. The molecule has 5 heteroatoms. The van der Waals surface area contributed by atoms with Crippen LogP contribution in [0.2, 0.25) is 0 Å². The molecule has 1 aliphatic heterocycles. The molecule has 0 aromatic heterocycles. The van der Waals surface area contributed by atoms with Gasteiger partial charge in [0, 0.05) is 4.47 Å². The zero-order valence-electron chi connectivity index (χ0n) is 9.41. The number of ketones is 1. The number of rotatable bonds is 1. The van der Waals surface area contributed by atoms with E-state index in [1.54, 1.807) is 12.1 Å². The van der Waals surface area contributed by atoms with Crippen LogP contribution in [0.15, 0.2) is 16.6 Å². The Morgan fingerprint density at radius 1 is 1.53 bits per heavy atom. The van der Waals surface area contributed by atoms with Gasteiger partial charge in [-0.25, -0.2) is 4.79 Å². The Morgan fingerprint density at radius 2 is 2.18 bits per heavy atom. The highest BCUT2D eigenvalue weighted by molar-refractivity contribution is 9.10. The van der Waals surface area contributed by atoms with Gasteiger partial charge in [-0.3, -0.25) is 4.79 Å². The van der Waals surface area contributed by atoms with Crippen LogP contribution in [0.1, 0.15) is 29.3 Å².